The summed E-state index contributed by atoms with van der Waals surface area (Å²) < 4.78 is 0. The van der Waals surface area contributed by atoms with Crippen LogP contribution in [0.3, 0.4) is 0 Å². The minimum atomic E-state index is -0.632. The molecule has 0 saturated heterocycles. The Morgan fingerprint density at radius 1 is 0.964 bits per heavy atom. The van der Waals surface area contributed by atoms with Crippen molar-refractivity contribution in [3.05, 3.63) is 71.8 Å². The molecule has 0 radical (unpaired) electrons. The van der Waals surface area contributed by atoms with Gasteiger partial charge in [0.1, 0.15) is 6.04 Å². The first kappa shape index (κ1) is 21.7. The van der Waals surface area contributed by atoms with Crippen LogP contribution in [0.1, 0.15) is 57.2 Å². The Morgan fingerprint density at radius 3 is 2.14 bits per heavy atom. The van der Waals surface area contributed by atoms with Crippen LogP contribution < -0.4 is 5.32 Å². The Balaban J connectivity index is 2.33. The summed E-state index contributed by atoms with van der Waals surface area (Å²) in [7, 11) is 0. The van der Waals surface area contributed by atoms with Crippen LogP contribution in [-0.4, -0.2) is 23.3 Å². The van der Waals surface area contributed by atoms with E-state index in [1.54, 1.807) is 4.90 Å². The second-order valence-electron chi connectivity index (χ2n) is 7.54. The molecule has 0 fully saturated rings. The highest BCUT2D eigenvalue weighted by Crippen LogP contribution is 2.25. The van der Waals surface area contributed by atoms with Crippen LogP contribution in [0.2, 0.25) is 0 Å². The second kappa shape index (κ2) is 11.3. The third-order valence-corrected chi connectivity index (χ3v) is 4.68. The zero-order valence-electron chi connectivity index (χ0n) is 17.2. The van der Waals surface area contributed by atoms with Gasteiger partial charge >= 0.3 is 0 Å². The summed E-state index contributed by atoms with van der Waals surface area (Å²) in [5.41, 5.74) is 1.85. The van der Waals surface area contributed by atoms with Gasteiger partial charge in [-0.05, 0) is 29.9 Å². The average Bonchev–Trinajstić information content (AvgIpc) is 2.69. The molecule has 1 atom stereocenters. The van der Waals surface area contributed by atoms with Gasteiger partial charge < -0.3 is 10.2 Å². The maximum atomic E-state index is 13.2. The molecule has 2 amide bonds. The highest BCUT2D eigenvalue weighted by atomic mass is 16.2. The minimum absolute atomic E-state index is 0.000726. The fourth-order valence-electron chi connectivity index (χ4n) is 3.15. The average molecular weight is 381 g/mol. The fourth-order valence-corrected chi connectivity index (χ4v) is 3.15. The van der Waals surface area contributed by atoms with E-state index in [1.807, 2.05) is 67.6 Å². The lowest BCUT2D eigenvalue weighted by atomic mass is 10.0. The lowest BCUT2D eigenvalue weighted by Gasteiger charge is -2.31. The third-order valence-electron chi connectivity index (χ3n) is 4.68. The molecule has 2 rings (SSSR count). The van der Waals surface area contributed by atoms with E-state index in [2.05, 4.69) is 19.2 Å². The molecule has 2 aromatic rings. The SMILES string of the molecule is CCCC(=O)N(Cc1ccccc1)[C@H](C(=O)NCCC(C)C)c1ccccc1. The molecule has 0 aliphatic rings. The Bertz CT molecular complexity index is 729. The molecule has 2 aromatic carbocycles. The summed E-state index contributed by atoms with van der Waals surface area (Å²) in [6.45, 7) is 7.28. The van der Waals surface area contributed by atoms with Crippen molar-refractivity contribution in [2.75, 3.05) is 6.54 Å². The number of nitrogens with zero attached hydrogens (tertiary/aromatic N) is 1. The largest absolute Gasteiger partial charge is 0.354 e. The van der Waals surface area contributed by atoms with E-state index in [4.69, 9.17) is 0 Å². The lowest BCUT2D eigenvalue weighted by molar-refractivity contribution is -0.141. The number of hydrogen-bond acceptors (Lipinski definition) is 2. The molecule has 0 heterocycles. The molecule has 4 nitrogen and oxygen atoms in total. The van der Waals surface area contributed by atoms with Crippen molar-refractivity contribution >= 4 is 11.8 Å². The van der Waals surface area contributed by atoms with E-state index < -0.39 is 6.04 Å². The van der Waals surface area contributed by atoms with Crippen molar-refractivity contribution in [2.45, 2.75) is 52.6 Å². The van der Waals surface area contributed by atoms with Gasteiger partial charge in [0.2, 0.25) is 11.8 Å². The summed E-state index contributed by atoms with van der Waals surface area (Å²) in [5, 5.41) is 3.04. The van der Waals surface area contributed by atoms with Crippen LogP contribution in [0.4, 0.5) is 0 Å². The predicted octanol–water partition coefficient (Wildman–Crippen LogP) is 4.72. The molecule has 0 bridgehead atoms. The molecular weight excluding hydrogens is 348 g/mol. The van der Waals surface area contributed by atoms with Crippen LogP contribution in [0.15, 0.2) is 60.7 Å². The molecule has 0 saturated carbocycles. The van der Waals surface area contributed by atoms with Gasteiger partial charge in [-0.3, -0.25) is 9.59 Å². The first-order valence-electron chi connectivity index (χ1n) is 10.2. The summed E-state index contributed by atoms with van der Waals surface area (Å²) in [5.74, 6) is 0.393. The van der Waals surface area contributed by atoms with Gasteiger partial charge in [-0.15, -0.1) is 0 Å². The number of carbonyl (C=O) groups is 2. The van der Waals surface area contributed by atoms with Gasteiger partial charge in [-0.1, -0.05) is 81.4 Å². The van der Waals surface area contributed by atoms with Gasteiger partial charge in [-0.2, -0.15) is 0 Å². The van der Waals surface area contributed by atoms with E-state index in [9.17, 15) is 9.59 Å². The highest BCUT2D eigenvalue weighted by Gasteiger charge is 2.30. The van der Waals surface area contributed by atoms with Gasteiger partial charge in [-0.25, -0.2) is 0 Å². The molecule has 0 aliphatic heterocycles. The lowest BCUT2D eigenvalue weighted by Crippen LogP contribution is -2.43. The van der Waals surface area contributed by atoms with E-state index in [1.165, 1.54) is 0 Å². The van der Waals surface area contributed by atoms with E-state index >= 15 is 0 Å². The molecule has 4 heteroatoms. The molecule has 0 spiro atoms. The zero-order valence-corrected chi connectivity index (χ0v) is 17.2. The molecule has 150 valence electrons. The number of benzene rings is 2. The van der Waals surface area contributed by atoms with E-state index in [0.717, 1.165) is 24.0 Å². The summed E-state index contributed by atoms with van der Waals surface area (Å²) in [6, 6.07) is 18.8. The molecule has 0 unspecified atom stereocenters. The number of hydrogen-bond donors (Lipinski definition) is 1. The molecule has 1 N–H and O–H groups in total. The first-order chi connectivity index (χ1) is 13.5. The standard InChI is InChI=1S/C24H32N2O2/c1-4-11-22(27)26(18-20-12-7-5-8-13-20)23(21-14-9-6-10-15-21)24(28)25-17-16-19(2)3/h5-10,12-15,19,23H,4,11,16-18H2,1-3H3,(H,25,28)/t23-/m0/s1. The quantitative estimate of drug-likeness (QED) is 0.648. The van der Waals surface area contributed by atoms with Crippen LogP contribution >= 0.6 is 0 Å². The van der Waals surface area contributed by atoms with Gasteiger partial charge in [0.15, 0.2) is 0 Å². The van der Waals surface area contributed by atoms with Crippen molar-refractivity contribution in [1.82, 2.24) is 10.2 Å². The Kier molecular flexibility index (Phi) is 8.73. The first-order valence-corrected chi connectivity index (χ1v) is 10.2. The smallest absolute Gasteiger partial charge is 0.247 e. The number of carbonyl (C=O) groups excluding carboxylic acids is 2. The highest BCUT2D eigenvalue weighted by molar-refractivity contribution is 5.88. The maximum Gasteiger partial charge on any atom is 0.247 e. The molecular formula is C24H32N2O2. The molecule has 0 aliphatic carbocycles. The van der Waals surface area contributed by atoms with Crippen LogP contribution in [-0.2, 0) is 16.1 Å². The van der Waals surface area contributed by atoms with Crippen molar-refractivity contribution < 1.29 is 9.59 Å². The Hall–Kier alpha value is -2.62. The summed E-state index contributed by atoms with van der Waals surface area (Å²) in [6.07, 6.45) is 2.09. The van der Waals surface area contributed by atoms with E-state index in [0.29, 0.717) is 25.4 Å². The van der Waals surface area contributed by atoms with Crippen molar-refractivity contribution in [3.63, 3.8) is 0 Å². The normalized spacial score (nSPS) is 11.9. The second-order valence-corrected chi connectivity index (χ2v) is 7.54. The third kappa shape index (κ3) is 6.52. The van der Waals surface area contributed by atoms with Crippen molar-refractivity contribution in [3.8, 4) is 0 Å². The topological polar surface area (TPSA) is 49.4 Å². The van der Waals surface area contributed by atoms with Crippen LogP contribution in [0.25, 0.3) is 0 Å². The van der Waals surface area contributed by atoms with Gasteiger partial charge in [0, 0.05) is 19.5 Å². The van der Waals surface area contributed by atoms with Crippen LogP contribution in [0.5, 0.6) is 0 Å². The maximum absolute atomic E-state index is 13.2. The Morgan fingerprint density at radius 2 is 1.57 bits per heavy atom. The number of nitrogens with one attached hydrogen (secondary N) is 1. The molecule has 28 heavy (non-hydrogen) atoms. The monoisotopic (exact) mass is 380 g/mol. The number of rotatable bonds is 10. The van der Waals surface area contributed by atoms with Crippen molar-refractivity contribution in [2.24, 2.45) is 5.92 Å². The van der Waals surface area contributed by atoms with Gasteiger partial charge in [0.05, 0.1) is 0 Å². The Labute approximate surface area is 169 Å². The minimum Gasteiger partial charge on any atom is -0.354 e. The van der Waals surface area contributed by atoms with E-state index in [-0.39, 0.29) is 11.8 Å². The number of amides is 2. The summed E-state index contributed by atoms with van der Waals surface area (Å²) >= 11 is 0. The molecule has 0 aromatic heterocycles. The predicted molar refractivity (Wildman–Crippen MR) is 114 cm³/mol. The van der Waals surface area contributed by atoms with Crippen LogP contribution in [0, 0.1) is 5.92 Å². The van der Waals surface area contributed by atoms with Crippen molar-refractivity contribution in [1.29, 1.82) is 0 Å². The fraction of sp³-hybridized carbons (Fsp3) is 0.417. The zero-order chi connectivity index (χ0) is 20.4. The van der Waals surface area contributed by atoms with Gasteiger partial charge in [0.25, 0.3) is 0 Å². The summed E-state index contributed by atoms with van der Waals surface area (Å²) in [4.78, 5) is 27.9.